The van der Waals surface area contributed by atoms with Gasteiger partial charge in [0.25, 0.3) is 16.7 Å². The monoisotopic (exact) mass is 1650 g/mol. The maximum Gasteiger partial charge on any atom is 0.330 e. The van der Waals surface area contributed by atoms with E-state index in [4.69, 9.17) is 42.6 Å². The van der Waals surface area contributed by atoms with Crippen LogP contribution in [-0.4, -0.2) is 154 Å². The fourth-order valence-electron chi connectivity index (χ4n) is 16.5. The zero-order chi connectivity index (χ0) is 85.2. The molecule has 15 rings (SSSR count). The third-order valence-electron chi connectivity index (χ3n) is 24.1. The highest BCUT2D eigenvalue weighted by Gasteiger charge is 2.43. The zero-order valence-electron chi connectivity index (χ0n) is 69.1. The van der Waals surface area contributed by atoms with E-state index >= 15 is 0 Å². The second-order valence-corrected chi connectivity index (χ2v) is 31.5. The van der Waals surface area contributed by atoms with Crippen LogP contribution in [0.2, 0.25) is 0 Å². The Morgan fingerprint density at radius 2 is 0.650 bits per heavy atom. The van der Waals surface area contributed by atoms with Gasteiger partial charge in [-0.15, -0.1) is 0 Å². The first-order chi connectivity index (χ1) is 57.7. The number of nitrogens with zero attached hydrogens (tertiary/aromatic N) is 9. The largest absolute Gasteiger partial charge is 0.493 e. The fraction of sp³-hybridized carbons (Fsp3) is 0.433. The highest BCUT2D eigenvalue weighted by atomic mass is 16.5. The molecule has 6 heterocycles. The summed E-state index contributed by atoms with van der Waals surface area (Å²) in [6.45, 7) is 11.1. The van der Waals surface area contributed by atoms with Gasteiger partial charge in [0.05, 0.1) is 78.5 Å². The van der Waals surface area contributed by atoms with Gasteiger partial charge in [-0.3, -0.25) is 57.2 Å². The van der Waals surface area contributed by atoms with Crippen molar-refractivity contribution in [1.82, 2.24) is 42.1 Å². The van der Waals surface area contributed by atoms with Crippen LogP contribution in [0, 0.1) is 17.8 Å². The molecule has 6 aromatic carbocycles. The topological polar surface area (TPSA) is 337 Å². The predicted octanol–water partition coefficient (Wildman–Crippen LogP) is 8.99. The number of aliphatic carboxylic acids is 3. The van der Waals surface area contributed by atoms with Crippen LogP contribution in [-0.2, 0) is 94.1 Å². The van der Waals surface area contributed by atoms with Gasteiger partial charge < -0.3 is 71.7 Å². The van der Waals surface area contributed by atoms with Crippen LogP contribution in [0.4, 0.5) is 0 Å². The lowest BCUT2D eigenvalue weighted by atomic mass is 9.78. The minimum Gasteiger partial charge on any atom is -0.493 e. The summed E-state index contributed by atoms with van der Waals surface area (Å²) in [7, 11) is 9.49. The molecule has 3 aliphatic carbocycles. The van der Waals surface area contributed by atoms with E-state index < -0.39 is 35.0 Å². The van der Waals surface area contributed by atoms with E-state index in [0.717, 1.165) is 66.9 Å². The number of carbonyl (C=O) groups is 3. The van der Waals surface area contributed by atoms with Gasteiger partial charge in [0.1, 0.15) is 37.1 Å². The number of aromatic nitrogens is 6. The van der Waals surface area contributed by atoms with Gasteiger partial charge in [0.2, 0.25) is 0 Å². The standard InChI is InChI=1S/3C30H35N3O7/c3*1-19(21-5-7-25-22(15-21)9-12-39-25)33(24-16-23(17-24)29(35)36)18-20-4-6-26(27(14-20)38-3)40-13-11-32-28(34)8-10-31(2)30(32)37/h3*4-8,10,14-15,19,23-24H,9,11-13,16-18H2,1-3H3,(H,35,36)/t19-,23?,24?;;/m1../s1. The second kappa shape index (κ2) is 38.3. The average Bonchev–Trinajstić information content (AvgIpc) is 1.25. The number of rotatable bonds is 33. The Kier molecular flexibility index (Phi) is 27.3. The van der Waals surface area contributed by atoms with Crippen LogP contribution in [0.1, 0.15) is 127 Å². The summed E-state index contributed by atoms with van der Waals surface area (Å²) in [5.41, 5.74) is 7.86. The van der Waals surface area contributed by atoms with Crippen molar-refractivity contribution in [2.75, 3.05) is 61.0 Å². The van der Waals surface area contributed by atoms with Crippen molar-refractivity contribution >= 4 is 17.9 Å². The van der Waals surface area contributed by atoms with Crippen LogP contribution in [0.25, 0.3) is 0 Å². The molecule has 3 N–H and O–H groups in total. The number of hydrogen-bond donors (Lipinski definition) is 3. The van der Waals surface area contributed by atoms with E-state index in [9.17, 15) is 58.5 Å². The minimum absolute atomic E-state index is 0.0689. The molecule has 3 saturated carbocycles. The molecule has 3 atom stereocenters. The Balaban J connectivity index is 0.000000156. The molecule has 2 unspecified atom stereocenters. The van der Waals surface area contributed by atoms with Gasteiger partial charge in [-0.25, -0.2) is 14.4 Å². The molecule has 3 aliphatic heterocycles. The Morgan fingerprint density at radius 1 is 0.383 bits per heavy atom. The maximum absolute atomic E-state index is 12.3. The van der Waals surface area contributed by atoms with Crippen molar-refractivity contribution in [2.45, 2.75) is 154 Å². The highest BCUT2D eigenvalue weighted by molar-refractivity contribution is 5.72. The number of carboxylic acids is 3. The molecular formula is C90H105N9O21. The molecule has 30 heteroatoms. The van der Waals surface area contributed by atoms with E-state index in [1.54, 1.807) is 42.5 Å². The SMILES string of the molecule is COc1cc(CN(C2CC(C(=O)O)C2)C(C)c2ccc3c(c2)CCO3)ccc1OCCn1c(=O)ccn(C)c1=O.COc1cc(CN(C2CC(C(=O)O)C2)C(C)c2ccc3c(c2)CCO3)ccc1OCCn1c(=O)ccn(C)c1=O.COc1cc(CN(C2CC(C(=O)O)C2)[C@H](C)c2ccc3c(c2)CCO3)ccc1OCCn1c(=O)ccn(C)c1=O. The lowest BCUT2D eigenvalue weighted by Gasteiger charge is -2.44. The first-order valence-corrected chi connectivity index (χ1v) is 40.7. The molecule has 3 fully saturated rings. The van der Waals surface area contributed by atoms with Crippen LogP contribution < -0.4 is 76.4 Å². The van der Waals surface area contributed by atoms with Crippen LogP contribution >= 0.6 is 0 Å². The number of methoxy groups -OCH3 is 3. The second-order valence-electron chi connectivity index (χ2n) is 31.5. The molecule has 0 radical (unpaired) electrons. The van der Waals surface area contributed by atoms with Crippen molar-refractivity contribution in [2.24, 2.45) is 38.9 Å². The van der Waals surface area contributed by atoms with E-state index in [-0.39, 0.29) is 110 Å². The number of ether oxygens (including phenoxy) is 9. The molecule has 0 amide bonds. The van der Waals surface area contributed by atoms with Crippen molar-refractivity contribution in [3.8, 4) is 51.7 Å². The van der Waals surface area contributed by atoms with Gasteiger partial charge in [-0.1, -0.05) is 54.6 Å². The zero-order valence-corrected chi connectivity index (χ0v) is 69.1. The molecule has 0 saturated heterocycles. The van der Waals surface area contributed by atoms with E-state index in [1.165, 1.54) is 83.9 Å². The Morgan fingerprint density at radius 3 is 0.900 bits per heavy atom. The molecule has 0 bridgehead atoms. The molecule has 636 valence electrons. The molecule has 30 nitrogen and oxygen atoms in total. The normalized spacial score (nSPS) is 18.5. The third kappa shape index (κ3) is 19.7. The quantitative estimate of drug-likeness (QED) is 0.0345. The number of hydrogen-bond acceptors (Lipinski definition) is 21. The van der Waals surface area contributed by atoms with E-state index in [2.05, 4.69) is 71.9 Å². The van der Waals surface area contributed by atoms with Gasteiger partial charge >= 0.3 is 35.0 Å². The molecular weight excluding hydrogens is 1540 g/mol. The molecule has 3 aromatic heterocycles. The molecule has 6 aliphatic rings. The van der Waals surface area contributed by atoms with Crippen molar-refractivity contribution < 1.29 is 72.3 Å². The molecule has 120 heavy (non-hydrogen) atoms. The summed E-state index contributed by atoms with van der Waals surface area (Å²) < 4.78 is 59.0. The number of fused-ring (bicyclic) bond motifs is 3. The highest BCUT2D eigenvalue weighted by Crippen LogP contribution is 2.44. The van der Waals surface area contributed by atoms with Crippen LogP contribution in [0.3, 0.4) is 0 Å². The maximum atomic E-state index is 12.3. The Hall–Kier alpha value is -12.2. The van der Waals surface area contributed by atoms with Gasteiger partial charge in [0.15, 0.2) is 34.5 Å². The summed E-state index contributed by atoms with van der Waals surface area (Å²) in [6.07, 6.45) is 10.7. The first-order valence-electron chi connectivity index (χ1n) is 40.7. The van der Waals surface area contributed by atoms with Gasteiger partial charge in [-0.05, 0) is 164 Å². The number of aryl methyl sites for hydroxylation is 3. The summed E-state index contributed by atoms with van der Waals surface area (Å²) in [4.78, 5) is 115. The minimum atomic E-state index is -0.739. The van der Waals surface area contributed by atoms with Gasteiger partial charge in [0, 0.05) is 133 Å². The average molecular weight is 1650 g/mol. The van der Waals surface area contributed by atoms with Crippen molar-refractivity contribution in [1.29, 1.82) is 0 Å². The third-order valence-corrected chi connectivity index (χ3v) is 24.1. The summed E-state index contributed by atoms with van der Waals surface area (Å²) in [5.74, 6) is 2.85. The number of carboxylic acid groups (broad SMARTS) is 3. The fourth-order valence-corrected chi connectivity index (χ4v) is 16.5. The lowest BCUT2D eigenvalue weighted by Crippen LogP contribution is -2.47. The Bertz CT molecular complexity index is 5060. The Labute approximate surface area is 693 Å². The first kappa shape index (κ1) is 85.7. The van der Waals surface area contributed by atoms with Crippen molar-refractivity contribution in [3.05, 3.63) is 259 Å². The lowest BCUT2D eigenvalue weighted by molar-refractivity contribution is -0.148. The predicted molar refractivity (Wildman–Crippen MR) is 445 cm³/mol. The summed E-state index contributed by atoms with van der Waals surface area (Å²) in [5, 5.41) is 28.4. The smallest absolute Gasteiger partial charge is 0.330 e. The summed E-state index contributed by atoms with van der Waals surface area (Å²) >= 11 is 0. The van der Waals surface area contributed by atoms with Crippen LogP contribution in [0.15, 0.2) is 175 Å². The van der Waals surface area contributed by atoms with E-state index in [1.807, 2.05) is 72.8 Å². The van der Waals surface area contributed by atoms with Crippen molar-refractivity contribution in [3.63, 3.8) is 0 Å². The van der Waals surface area contributed by atoms with Crippen LogP contribution in [0.5, 0.6) is 51.7 Å². The number of benzene rings is 6. The van der Waals surface area contributed by atoms with Gasteiger partial charge in [-0.2, -0.15) is 0 Å². The molecule has 9 aromatic rings. The molecule has 0 spiro atoms. The summed E-state index contributed by atoms with van der Waals surface area (Å²) in [6, 6.07) is 40.8. The van der Waals surface area contributed by atoms with E-state index in [0.29, 0.717) is 112 Å².